The molecule has 0 fully saturated rings. The van der Waals surface area contributed by atoms with Gasteiger partial charge in [0.05, 0.1) is 6.61 Å². The van der Waals surface area contributed by atoms with Crippen LogP contribution in [0.3, 0.4) is 0 Å². The lowest BCUT2D eigenvalue weighted by atomic mass is 10.3. The predicted octanol–water partition coefficient (Wildman–Crippen LogP) is 3.70. The van der Waals surface area contributed by atoms with Crippen LogP contribution in [0.1, 0.15) is 19.8 Å². The third-order valence-electron chi connectivity index (χ3n) is 2.68. The fraction of sp³-hybridized carbons (Fsp3) is 0.571. The molecular weight excluding hydrogens is 278 g/mol. The van der Waals surface area contributed by atoms with Crippen LogP contribution in [0.4, 0.5) is 5.69 Å². The van der Waals surface area contributed by atoms with Gasteiger partial charge in [0, 0.05) is 30.7 Å². The summed E-state index contributed by atoms with van der Waals surface area (Å²) in [5.41, 5.74) is 1.28. The van der Waals surface area contributed by atoms with Crippen LogP contribution in [0.15, 0.2) is 30.3 Å². The summed E-state index contributed by atoms with van der Waals surface area (Å²) in [6, 6.07) is 10.5. The van der Waals surface area contributed by atoms with E-state index in [4.69, 9.17) is 4.74 Å². The van der Waals surface area contributed by atoms with Gasteiger partial charge in [0.2, 0.25) is 0 Å². The van der Waals surface area contributed by atoms with Crippen LogP contribution in [-0.2, 0) is 4.74 Å². The van der Waals surface area contributed by atoms with E-state index in [9.17, 15) is 0 Å². The molecule has 0 spiro atoms. The number of unbranched alkanes of at least 4 members (excludes halogenated alkanes) is 1. The monoisotopic (exact) mass is 299 g/mol. The molecule has 0 saturated heterocycles. The number of halogens is 1. The lowest BCUT2D eigenvalue weighted by Gasteiger charge is -2.22. The minimum atomic E-state index is 0.811. The predicted molar refractivity (Wildman–Crippen MR) is 78.2 cm³/mol. The van der Waals surface area contributed by atoms with Crippen molar-refractivity contribution in [2.75, 3.05) is 36.5 Å². The number of hydrogen-bond donors (Lipinski definition) is 0. The van der Waals surface area contributed by atoms with E-state index in [1.807, 2.05) is 6.07 Å². The molecule has 2 nitrogen and oxygen atoms in total. The fourth-order valence-corrected chi connectivity index (χ4v) is 2.08. The molecule has 17 heavy (non-hydrogen) atoms. The van der Waals surface area contributed by atoms with E-state index in [2.05, 4.69) is 52.0 Å². The Labute approximate surface area is 113 Å². The van der Waals surface area contributed by atoms with Crippen molar-refractivity contribution in [1.82, 2.24) is 0 Å². The lowest BCUT2D eigenvalue weighted by Crippen LogP contribution is -2.27. The van der Waals surface area contributed by atoms with Crippen molar-refractivity contribution in [3.8, 4) is 0 Å². The Bertz CT molecular complexity index is 279. The third-order valence-corrected chi connectivity index (χ3v) is 3.24. The van der Waals surface area contributed by atoms with Crippen molar-refractivity contribution in [2.24, 2.45) is 0 Å². The fourth-order valence-electron chi connectivity index (χ4n) is 1.68. The van der Waals surface area contributed by atoms with Crippen LogP contribution in [-0.4, -0.2) is 31.6 Å². The Morgan fingerprint density at radius 2 is 1.88 bits per heavy atom. The Hall–Kier alpha value is -0.540. The van der Waals surface area contributed by atoms with E-state index in [0.717, 1.165) is 38.1 Å². The van der Waals surface area contributed by atoms with Gasteiger partial charge in [0.25, 0.3) is 0 Å². The number of rotatable bonds is 9. The van der Waals surface area contributed by atoms with Gasteiger partial charge in [-0.05, 0) is 31.9 Å². The molecule has 0 heterocycles. The molecule has 0 aliphatic carbocycles. The Balaban J connectivity index is 2.20. The van der Waals surface area contributed by atoms with Gasteiger partial charge < -0.3 is 9.64 Å². The highest BCUT2D eigenvalue weighted by molar-refractivity contribution is 9.09. The number of alkyl halides is 1. The van der Waals surface area contributed by atoms with Crippen molar-refractivity contribution in [2.45, 2.75) is 19.8 Å². The second-order valence-corrected chi connectivity index (χ2v) is 4.72. The van der Waals surface area contributed by atoms with E-state index < -0.39 is 0 Å². The zero-order chi connectivity index (χ0) is 12.3. The number of benzene rings is 1. The van der Waals surface area contributed by atoms with Gasteiger partial charge in [-0.2, -0.15) is 0 Å². The summed E-state index contributed by atoms with van der Waals surface area (Å²) >= 11 is 3.42. The third kappa shape index (κ3) is 6.08. The van der Waals surface area contributed by atoms with Crippen molar-refractivity contribution >= 4 is 21.6 Å². The quantitative estimate of drug-likeness (QED) is 0.509. The highest BCUT2D eigenvalue weighted by atomic mass is 79.9. The highest BCUT2D eigenvalue weighted by Gasteiger charge is 2.02. The maximum Gasteiger partial charge on any atom is 0.0641 e. The summed E-state index contributed by atoms with van der Waals surface area (Å²) < 4.78 is 5.63. The van der Waals surface area contributed by atoms with Crippen molar-refractivity contribution < 1.29 is 4.74 Å². The van der Waals surface area contributed by atoms with Gasteiger partial charge in [-0.3, -0.25) is 0 Å². The van der Waals surface area contributed by atoms with Crippen LogP contribution < -0.4 is 4.90 Å². The summed E-state index contributed by atoms with van der Waals surface area (Å²) in [4.78, 5) is 2.34. The molecule has 3 heteroatoms. The van der Waals surface area contributed by atoms with Crippen LogP contribution in [0.2, 0.25) is 0 Å². The maximum absolute atomic E-state index is 5.63. The average molecular weight is 300 g/mol. The zero-order valence-electron chi connectivity index (χ0n) is 10.6. The molecule has 0 unspecified atom stereocenters. The number of nitrogens with zero attached hydrogens (tertiary/aromatic N) is 1. The maximum atomic E-state index is 5.63. The molecule has 96 valence electrons. The smallest absolute Gasteiger partial charge is 0.0641 e. The van der Waals surface area contributed by atoms with Gasteiger partial charge in [0.15, 0.2) is 0 Å². The van der Waals surface area contributed by atoms with Crippen molar-refractivity contribution in [1.29, 1.82) is 0 Å². The molecule has 0 amide bonds. The standard InChI is InChI=1S/C14H22BrNO/c1-2-16(14-8-4-3-5-9-14)11-13-17-12-7-6-10-15/h3-5,8-9H,2,6-7,10-13H2,1H3. The summed E-state index contributed by atoms with van der Waals surface area (Å²) in [6.45, 7) is 5.85. The van der Waals surface area contributed by atoms with Crippen LogP contribution in [0, 0.1) is 0 Å². The molecule has 0 N–H and O–H groups in total. The lowest BCUT2D eigenvalue weighted by molar-refractivity contribution is 0.137. The van der Waals surface area contributed by atoms with E-state index in [1.54, 1.807) is 0 Å². The molecule has 1 aromatic carbocycles. The molecule has 0 atom stereocenters. The Kier molecular flexibility index (Phi) is 8.10. The largest absolute Gasteiger partial charge is 0.380 e. The van der Waals surface area contributed by atoms with Crippen LogP contribution >= 0.6 is 15.9 Å². The number of ether oxygens (including phenoxy) is 1. The topological polar surface area (TPSA) is 12.5 Å². The average Bonchev–Trinajstić information content (AvgIpc) is 2.39. The molecule has 1 rings (SSSR count). The Morgan fingerprint density at radius 1 is 1.12 bits per heavy atom. The molecule has 0 bridgehead atoms. The minimum Gasteiger partial charge on any atom is -0.380 e. The van der Waals surface area contributed by atoms with E-state index >= 15 is 0 Å². The van der Waals surface area contributed by atoms with E-state index in [0.29, 0.717) is 0 Å². The molecule has 0 aliphatic heterocycles. The summed E-state index contributed by atoms with van der Waals surface area (Å²) in [5.74, 6) is 0. The SMILES string of the molecule is CCN(CCOCCCCBr)c1ccccc1. The second kappa shape index (κ2) is 9.49. The van der Waals surface area contributed by atoms with Crippen molar-refractivity contribution in [3.63, 3.8) is 0 Å². The minimum absolute atomic E-state index is 0.811. The number of hydrogen-bond acceptors (Lipinski definition) is 2. The van der Waals surface area contributed by atoms with Gasteiger partial charge in [-0.15, -0.1) is 0 Å². The van der Waals surface area contributed by atoms with Gasteiger partial charge in [0.1, 0.15) is 0 Å². The summed E-state index contributed by atoms with van der Waals surface area (Å²) in [6.07, 6.45) is 2.33. The molecule has 1 aromatic rings. The molecule has 0 radical (unpaired) electrons. The first-order valence-corrected chi connectivity index (χ1v) is 7.44. The first-order chi connectivity index (χ1) is 8.38. The van der Waals surface area contributed by atoms with Gasteiger partial charge >= 0.3 is 0 Å². The first-order valence-electron chi connectivity index (χ1n) is 6.32. The summed E-state index contributed by atoms with van der Waals surface area (Å²) in [7, 11) is 0. The Morgan fingerprint density at radius 3 is 2.53 bits per heavy atom. The highest BCUT2D eigenvalue weighted by Crippen LogP contribution is 2.12. The molecule has 0 aromatic heterocycles. The van der Waals surface area contributed by atoms with Crippen LogP contribution in [0.25, 0.3) is 0 Å². The molecular formula is C14H22BrNO. The normalized spacial score (nSPS) is 10.5. The van der Waals surface area contributed by atoms with E-state index in [-0.39, 0.29) is 0 Å². The molecule has 0 aliphatic rings. The first kappa shape index (κ1) is 14.5. The van der Waals surface area contributed by atoms with Gasteiger partial charge in [-0.1, -0.05) is 34.1 Å². The number of anilines is 1. The van der Waals surface area contributed by atoms with Crippen LogP contribution in [0.5, 0.6) is 0 Å². The van der Waals surface area contributed by atoms with E-state index in [1.165, 1.54) is 12.1 Å². The number of para-hydroxylation sites is 1. The van der Waals surface area contributed by atoms with Gasteiger partial charge in [-0.25, -0.2) is 0 Å². The zero-order valence-corrected chi connectivity index (χ0v) is 12.2. The van der Waals surface area contributed by atoms with Crippen molar-refractivity contribution in [3.05, 3.63) is 30.3 Å². The molecule has 0 saturated carbocycles. The second-order valence-electron chi connectivity index (χ2n) is 3.92. The number of likely N-dealkylation sites (N-methyl/N-ethyl adjacent to an activating group) is 1. The summed E-state index contributed by atoms with van der Waals surface area (Å²) in [5, 5.41) is 1.07.